The Labute approximate surface area is 207 Å². The average molecular weight is 477 g/mol. The van der Waals surface area contributed by atoms with E-state index in [0.717, 1.165) is 38.5 Å². The Morgan fingerprint density at radius 3 is 1.74 bits per heavy atom. The summed E-state index contributed by atoms with van der Waals surface area (Å²) in [5.74, 6) is 1.37. The molecule has 5 aliphatic rings. The van der Waals surface area contributed by atoms with Crippen LogP contribution in [-0.4, -0.2) is 44.3 Å². The van der Waals surface area contributed by atoms with Crippen molar-refractivity contribution in [1.29, 1.82) is 0 Å². The summed E-state index contributed by atoms with van der Waals surface area (Å²) in [6, 6.07) is 0. The summed E-state index contributed by atoms with van der Waals surface area (Å²) in [5.41, 5.74) is -1.15. The summed E-state index contributed by atoms with van der Waals surface area (Å²) >= 11 is 0. The van der Waals surface area contributed by atoms with Crippen molar-refractivity contribution in [2.75, 3.05) is 0 Å². The first-order valence-corrected chi connectivity index (χ1v) is 14.2. The molecular weight excluding hydrogens is 424 g/mol. The van der Waals surface area contributed by atoms with Gasteiger partial charge in [-0.1, -0.05) is 41.5 Å². The SMILES string of the molecule is CC(C)(O)[C@@H]1CC[C@]2(C)[C@@H]1[C@H](O)C[C@]1(C)[C@@H]2CC[C@@H]2[C@]3(C)CC[C@H](O)C(C)(C)[C@@H]3[C@@H](O)C[C@]21C. The molecule has 4 N–H and O–H groups in total. The van der Waals surface area contributed by atoms with E-state index in [9.17, 15) is 20.4 Å². The Hall–Kier alpha value is -0.160. The van der Waals surface area contributed by atoms with Crippen LogP contribution in [0.4, 0.5) is 0 Å². The zero-order valence-corrected chi connectivity index (χ0v) is 23.1. The van der Waals surface area contributed by atoms with Crippen LogP contribution in [0.2, 0.25) is 0 Å². The Balaban J connectivity index is 1.57. The first-order chi connectivity index (χ1) is 15.4. The molecule has 0 bridgehead atoms. The van der Waals surface area contributed by atoms with Crippen LogP contribution in [0, 0.1) is 56.7 Å². The first-order valence-electron chi connectivity index (χ1n) is 14.2. The van der Waals surface area contributed by atoms with Crippen LogP contribution in [0.3, 0.4) is 0 Å². The molecule has 4 nitrogen and oxygen atoms in total. The summed E-state index contributed by atoms with van der Waals surface area (Å²) in [5, 5.41) is 45.4. The van der Waals surface area contributed by atoms with Crippen molar-refractivity contribution in [3.05, 3.63) is 0 Å². The minimum absolute atomic E-state index is 0.00284. The van der Waals surface area contributed by atoms with E-state index in [1.807, 2.05) is 13.8 Å². The van der Waals surface area contributed by atoms with Gasteiger partial charge in [-0.2, -0.15) is 0 Å². The van der Waals surface area contributed by atoms with Crippen molar-refractivity contribution in [2.24, 2.45) is 56.7 Å². The topological polar surface area (TPSA) is 80.9 Å². The van der Waals surface area contributed by atoms with Crippen LogP contribution >= 0.6 is 0 Å². The predicted octanol–water partition coefficient (Wildman–Crippen LogP) is 5.16. The second-order valence-electron chi connectivity index (χ2n) is 15.8. The molecule has 0 aromatic carbocycles. The zero-order chi connectivity index (χ0) is 25.3. The van der Waals surface area contributed by atoms with Gasteiger partial charge in [0.2, 0.25) is 0 Å². The molecule has 5 fully saturated rings. The van der Waals surface area contributed by atoms with Gasteiger partial charge in [-0.25, -0.2) is 0 Å². The minimum atomic E-state index is -0.769. The lowest BCUT2D eigenvalue weighted by Gasteiger charge is -2.74. The molecule has 0 heterocycles. The predicted molar refractivity (Wildman–Crippen MR) is 135 cm³/mol. The number of rotatable bonds is 1. The normalized spacial score (nSPS) is 58.9. The lowest BCUT2D eigenvalue weighted by molar-refractivity contribution is -0.289. The maximum atomic E-state index is 11.8. The maximum absolute atomic E-state index is 11.8. The van der Waals surface area contributed by atoms with Gasteiger partial charge in [0.05, 0.1) is 23.9 Å². The van der Waals surface area contributed by atoms with Gasteiger partial charge in [-0.05, 0) is 122 Å². The lowest BCUT2D eigenvalue weighted by atomic mass is 9.31. The van der Waals surface area contributed by atoms with Gasteiger partial charge in [0.25, 0.3) is 0 Å². The molecular formula is C30H52O4. The largest absolute Gasteiger partial charge is 0.393 e. The monoisotopic (exact) mass is 476 g/mol. The summed E-state index contributed by atoms with van der Waals surface area (Å²) in [6.45, 7) is 17.9. The molecule has 5 aliphatic carbocycles. The Morgan fingerprint density at radius 2 is 1.18 bits per heavy atom. The molecule has 5 saturated carbocycles. The van der Waals surface area contributed by atoms with Gasteiger partial charge in [0.15, 0.2) is 0 Å². The van der Waals surface area contributed by atoms with E-state index in [4.69, 9.17) is 0 Å². The first kappa shape index (κ1) is 25.5. The standard InChI is InChI=1S/C30H52O4/c1-25(2)22(33)12-14-28(6)21-10-9-20-27(5)13-11-17(26(3,4)34)23(27)18(31)15-29(20,7)30(21,8)16-19(32)24(25)28/h17-24,31-34H,9-16H2,1-8H3/t17-,18-,19+,20-,21-,22+,23+,24+,27+,28+,29-,30-/m1/s1. The van der Waals surface area contributed by atoms with Crippen molar-refractivity contribution < 1.29 is 20.4 Å². The molecule has 0 spiro atoms. The van der Waals surface area contributed by atoms with E-state index >= 15 is 0 Å². The van der Waals surface area contributed by atoms with E-state index in [1.54, 1.807) is 0 Å². The highest BCUT2D eigenvalue weighted by molar-refractivity contribution is 5.22. The smallest absolute Gasteiger partial charge is 0.0623 e. The molecule has 0 saturated heterocycles. The van der Waals surface area contributed by atoms with Crippen molar-refractivity contribution in [1.82, 2.24) is 0 Å². The Morgan fingerprint density at radius 1 is 0.676 bits per heavy atom. The van der Waals surface area contributed by atoms with E-state index in [0.29, 0.717) is 11.8 Å². The molecule has 0 unspecified atom stereocenters. The van der Waals surface area contributed by atoms with Gasteiger partial charge < -0.3 is 20.4 Å². The highest BCUT2D eigenvalue weighted by Crippen LogP contribution is 2.78. The molecule has 0 aromatic rings. The van der Waals surface area contributed by atoms with Gasteiger partial charge in [0, 0.05) is 0 Å². The molecule has 0 aliphatic heterocycles. The fourth-order valence-electron chi connectivity index (χ4n) is 12.3. The van der Waals surface area contributed by atoms with Crippen LogP contribution in [0.15, 0.2) is 0 Å². The quantitative estimate of drug-likeness (QED) is 0.421. The van der Waals surface area contributed by atoms with Crippen LogP contribution < -0.4 is 0 Å². The third-order valence-electron chi connectivity index (χ3n) is 13.7. The number of hydrogen-bond donors (Lipinski definition) is 4. The van der Waals surface area contributed by atoms with Gasteiger partial charge >= 0.3 is 0 Å². The fraction of sp³-hybridized carbons (Fsp3) is 1.00. The van der Waals surface area contributed by atoms with Gasteiger partial charge in [-0.15, -0.1) is 0 Å². The van der Waals surface area contributed by atoms with Gasteiger partial charge in [-0.3, -0.25) is 0 Å². The molecule has 0 aromatic heterocycles. The second-order valence-corrected chi connectivity index (χ2v) is 15.8. The summed E-state index contributed by atoms with van der Waals surface area (Å²) in [6.07, 6.45) is 6.55. The average Bonchev–Trinajstić information content (AvgIpc) is 3.05. The van der Waals surface area contributed by atoms with Crippen molar-refractivity contribution in [3.63, 3.8) is 0 Å². The molecule has 4 heteroatoms. The zero-order valence-electron chi connectivity index (χ0n) is 23.1. The van der Waals surface area contributed by atoms with Crippen molar-refractivity contribution >= 4 is 0 Å². The van der Waals surface area contributed by atoms with Crippen LogP contribution in [0.5, 0.6) is 0 Å². The molecule has 12 atom stereocenters. The highest BCUT2D eigenvalue weighted by Gasteiger charge is 2.74. The van der Waals surface area contributed by atoms with E-state index < -0.39 is 17.8 Å². The second kappa shape index (κ2) is 7.23. The fourth-order valence-corrected chi connectivity index (χ4v) is 12.3. The minimum Gasteiger partial charge on any atom is -0.393 e. The molecule has 5 rings (SSSR count). The van der Waals surface area contributed by atoms with E-state index in [1.165, 1.54) is 12.8 Å². The highest BCUT2D eigenvalue weighted by atomic mass is 16.3. The summed E-state index contributed by atoms with van der Waals surface area (Å²) in [4.78, 5) is 0. The molecule has 0 amide bonds. The van der Waals surface area contributed by atoms with Crippen LogP contribution in [0.25, 0.3) is 0 Å². The van der Waals surface area contributed by atoms with Gasteiger partial charge in [0.1, 0.15) is 0 Å². The summed E-state index contributed by atoms with van der Waals surface area (Å²) in [7, 11) is 0. The number of hydrogen-bond acceptors (Lipinski definition) is 4. The Bertz CT molecular complexity index is 832. The Kier molecular flexibility index (Phi) is 5.42. The van der Waals surface area contributed by atoms with E-state index in [-0.39, 0.29) is 50.9 Å². The third kappa shape index (κ3) is 2.92. The molecule has 0 radical (unpaired) electrons. The lowest BCUT2D eigenvalue weighted by Crippen LogP contribution is -2.71. The van der Waals surface area contributed by atoms with Crippen LogP contribution in [0.1, 0.15) is 107 Å². The van der Waals surface area contributed by atoms with Crippen LogP contribution in [-0.2, 0) is 0 Å². The van der Waals surface area contributed by atoms with E-state index in [2.05, 4.69) is 41.5 Å². The maximum Gasteiger partial charge on any atom is 0.0623 e. The molecule has 34 heavy (non-hydrogen) atoms. The molecule has 196 valence electrons. The van der Waals surface area contributed by atoms with Crippen molar-refractivity contribution in [3.8, 4) is 0 Å². The number of aliphatic hydroxyl groups is 4. The number of aliphatic hydroxyl groups excluding tert-OH is 3. The number of fused-ring (bicyclic) bond motifs is 7. The van der Waals surface area contributed by atoms with Crippen molar-refractivity contribution in [2.45, 2.75) is 131 Å². The third-order valence-corrected chi connectivity index (χ3v) is 13.7. The summed E-state index contributed by atoms with van der Waals surface area (Å²) < 4.78 is 0.